The Labute approximate surface area is 95.3 Å². The van der Waals surface area contributed by atoms with Crippen molar-refractivity contribution in [3.8, 4) is 0 Å². The molecule has 0 bridgehead atoms. The Hall–Kier alpha value is -1.31. The van der Waals surface area contributed by atoms with Gasteiger partial charge in [0.15, 0.2) is 11.4 Å². The van der Waals surface area contributed by atoms with Crippen LogP contribution >= 0.6 is 0 Å². The number of unbranched alkanes of at least 4 members (excludes halogenated alkanes) is 3. The minimum absolute atomic E-state index is 0.276. The Balaban J connectivity index is 2.05. The normalized spacial score (nSPS) is 11.1. The van der Waals surface area contributed by atoms with Crippen molar-refractivity contribution < 1.29 is 8.81 Å². The molecule has 0 saturated carbocycles. The molecule has 0 amide bonds. The summed E-state index contributed by atoms with van der Waals surface area (Å²) >= 11 is 0. The van der Waals surface area contributed by atoms with Gasteiger partial charge in [0.1, 0.15) is 5.76 Å². The van der Waals surface area contributed by atoms with Crippen LogP contribution in [0.1, 0.15) is 31.4 Å². The molecule has 1 aromatic carbocycles. The number of benzene rings is 1. The average molecular weight is 219 g/mol. The second-order valence-electron chi connectivity index (χ2n) is 4.04. The van der Waals surface area contributed by atoms with Crippen LogP contribution in [0.25, 0.3) is 11.0 Å². The second-order valence-corrected chi connectivity index (χ2v) is 4.04. The van der Waals surface area contributed by atoms with Crippen molar-refractivity contribution in [1.29, 1.82) is 0 Å². The lowest BCUT2D eigenvalue weighted by Gasteiger charge is -1.95. The maximum Gasteiger partial charge on any atom is 0.169 e. The maximum absolute atomic E-state index is 13.3. The summed E-state index contributed by atoms with van der Waals surface area (Å²) in [5.41, 5.74) is 0.384. The molecule has 0 unspecified atom stereocenters. The summed E-state index contributed by atoms with van der Waals surface area (Å²) in [6.45, 7) is 3.80. The Kier molecular flexibility index (Phi) is 3.60. The fourth-order valence-corrected chi connectivity index (χ4v) is 1.86. The van der Waals surface area contributed by atoms with Crippen molar-refractivity contribution in [3.63, 3.8) is 0 Å². The van der Waals surface area contributed by atoms with Crippen molar-refractivity contribution in [1.82, 2.24) is 0 Å². The van der Waals surface area contributed by atoms with E-state index in [-0.39, 0.29) is 5.82 Å². The number of furan rings is 1. The van der Waals surface area contributed by atoms with E-state index in [2.05, 4.69) is 6.92 Å². The van der Waals surface area contributed by atoms with E-state index < -0.39 is 0 Å². The van der Waals surface area contributed by atoms with Gasteiger partial charge < -0.3 is 4.42 Å². The summed E-state index contributed by atoms with van der Waals surface area (Å²) in [7, 11) is 0. The van der Waals surface area contributed by atoms with Crippen LogP contribution in [-0.2, 0) is 6.42 Å². The SMILES string of the molecule is [CH2]CCCCCc1cc2cccc(F)c2o1. The third kappa shape index (κ3) is 2.43. The topological polar surface area (TPSA) is 13.1 Å². The molecular weight excluding hydrogens is 203 g/mol. The molecule has 1 heterocycles. The number of hydrogen-bond acceptors (Lipinski definition) is 1. The van der Waals surface area contributed by atoms with Gasteiger partial charge in [0.05, 0.1) is 0 Å². The molecule has 1 radical (unpaired) electrons. The summed E-state index contributed by atoms with van der Waals surface area (Å²) in [5.74, 6) is 0.602. The highest BCUT2D eigenvalue weighted by Crippen LogP contribution is 2.23. The van der Waals surface area contributed by atoms with Crippen molar-refractivity contribution in [2.24, 2.45) is 0 Å². The minimum atomic E-state index is -0.276. The molecule has 0 aliphatic rings. The van der Waals surface area contributed by atoms with E-state index in [1.54, 1.807) is 6.07 Å². The highest BCUT2D eigenvalue weighted by Gasteiger charge is 2.07. The zero-order valence-corrected chi connectivity index (χ0v) is 9.34. The third-order valence-corrected chi connectivity index (χ3v) is 2.72. The van der Waals surface area contributed by atoms with Gasteiger partial charge in [-0.15, -0.1) is 0 Å². The van der Waals surface area contributed by atoms with Crippen LogP contribution in [0.5, 0.6) is 0 Å². The molecule has 2 aromatic rings. The summed E-state index contributed by atoms with van der Waals surface area (Å²) in [6, 6.07) is 6.95. The van der Waals surface area contributed by atoms with Gasteiger partial charge in [0.2, 0.25) is 0 Å². The Morgan fingerprint density at radius 2 is 2.06 bits per heavy atom. The smallest absolute Gasteiger partial charge is 0.169 e. The lowest BCUT2D eigenvalue weighted by molar-refractivity contribution is 0.506. The third-order valence-electron chi connectivity index (χ3n) is 2.72. The molecular formula is C14H16FO. The van der Waals surface area contributed by atoms with Gasteiger partial charge >= 0.3 is 0 Å². The predicted molar refractivity (Wildman–Crippen MR) is 63.7 cm³/mol. The standard InChI is InChI=1S/C14H16FO/c1-2-3-4-5-8-12-10-11-7-6-9-13(15)14(11)16-12/h6-7,9-10H,1-5,8H2. The van der Waals surface area contributed by atoms with Crippen LogP contribution in [-0.4, -0.2) is 0 Å². The molecule has 0 spiro atoms. The molecule has 0 fully saturated rings. The predicted octanol–water partition coefficient (Wildman–Crippen LogP) is 4.51. The zero-order valence-electron chi connectivity index (χ0n) is 9.34. The van der Waals surface area contributed by atoms with Crippen LogP contribution in [0.3, 0.4) is 0 Å². The van der Waals surface area contributed by atoms with Gasteiger partial charge in [0, 0.05) is 11.8 Å². The Bertz CT molecular complexity index is 459. The number of aryl methyl sites for hydroxylation is 1. The molecule has 0 saturated heterocycles. The molecule has 1 aromatic heterocycles. The summed E-state index contributed by atoms with van der Waals surface area (Å²) < 4.78 is 18.8. The van der Waals surface area contributed by atoms with E-state index in [9.17, 15) is 4.39 Å². The van der Waals surface area contributed by atoms with Gasteiger partial charge in [-0.2, -0.15) is 0 Å². The monoisotopic (exact) mass is 219 g/mol. The van der Waals surface area contributed by atoms with E-state index in [0.29, 0.717) is 5.58 Å². The van der Waals surface area contributed by atoms with Crippen molar-refractivity contribution in [2.75, 3.05) is 0 Å². The molecule has 2 rings (SSSR count). The van der Waals surface area contributed by atoms with Crippen LogP contribution in [0.2, 0.25) is 0 Å². The second kappa shape index (κ2) is 5.15. The van der Waals surface area contributed by atoms with Gasteiger partial charge in [-0.05, 0) is 18.6 Å². The minimum Gasteiger partial charge on any atom is -0.458 e. The van der Waals surface area contributed by atoms with Gasteiger partial charge in [-0.25, -0.2) is 4.39 Å². The highest BCUT2D eigenvalue weighted by molar-refractivity contribution is 5.78. The first-order chi connectivity index (χ1) is 7.81. The average Bonchev–Trinajstić information content (AvgIpc) is 2.69. The van der Waals surface area contributed by atoms with Gasteiger partial charge in [-0.3, -0.25) is 0 Å². The first kappa shape index (κ1) is 11.2. The zero-order chi connectivity index (χ0) is 11.4. The van der Waals surface area contributed by atoms with Crippen LogP contribution in [0.4, 0.5) is 4.39 Å². The number of para-hydroxylation sites is 1. The Morgan fingerprint density at radius 3 is 2.81 bits per heavy atom. The molecule has 2 heteroatoms. The van der Waals surface area contributed by atoms with Gasteiger partial charge in [-0.1, -0.05) is 38.3 Å². The summed E-state index contributed by atoms with van der Waals surface area (Å²) in [4.78, 5) is 0. The first-order valence-electron chi connectivity index (χ1n) is 5.77. The molecule has 85 valence electrons. The lowest BCUT2D eigenvalue weighted by atomic mass is 10.1. The molecule has 1 nitrogen and oxygen atoms in total. The molecule has 16 heavy (non-hydrogen) atoms. The molecule has 0 aliphatic carbocycles. The number of hydrogen-bond donors (Lipinski definition) is 0. The largest absolute Gasteiger partial charge is 0.458 e. The van der Waals surface area contributed by atoms with Crippen molar-refractivity contribution in [3.05, 3.63) is 42.8 Å². The molecule has 0 N–H and O–H groups in total. The van der Waals surface area contributed by atoms with Crippen LogP contribution in [0.15, 0.2) is 28.7 Å². The highest BCUT2D eigenvalue weighted by atomic mass is 19.1. The maximum atomic E-state index is 13.3. The summed E-state index contributed by atoms with van der Waals surface area (Å²) in [6.07, 6.45) is 5.25. The first-order valence-corrected chi connectivity index (χ1v) is 5.77. The fourth-order valence-electron chi connectivity index (χ4n) is 1.86. The van der Waals surface area contributed by atoms with Crippen LogP contribution in [0, 0.1) is 12.7 Å². The van der Waals surface area contributed by atoms with E-state index in [1.807, 2.05) is 12.1 Å². The van der Waals surface area contributed by atoms with E-state index in [1.165, 1.54) is 6.07 Å². The van der Waals surface area contributed by atoms with E-state index >= 15 is 0 Å². The Morgan fingerprint density at radius 1 is 1.19 bits per heavy atom. The number of rotatable bonds is 5. The lowest BCUT2D eigenvalue weighted by Crippen LogP contribution is -1.82. The molecule has 0 atom stereocenters. The van der Waals surface area contributed by atoms with Crippen molar-refractivity contribution in [2.45, 2.75) is 32.1 Å². The summed E-state index contributed by atoms with van der Waals surface area (Å²) in [5, 5.41) is 0.854. The fraction of sp³-hybridized carbons (Fsp3) is 0.357. The van der Waals surface area contributed by atoms with Gasteiger partial charge in [0.25, 0.3) is 0 Å². The molecule has 0 aliphatic heterocycles. The van der Waals surface area contributed by atoms with E-state index in [4.69, 9.17) is 4.42 Å². The number of halogens is 1. The van der Waals surface area contributed by atoms with Crippen molar-refractivity contribution >= 4 is 11.0 Å². The van der Waals surface area contributed by atoms with Crippen LogP contribution < -0.4 is 0 Å². The number of fused-ring (bicyclic) bond motifs is 1. The van der Waals surface area contributed by atoms with E-state index in [0.717, 1.165) is 43.3 Å². The quantitative estimate of drug-likeness (QED) is 0.674.